The standard InChI is InChI=1S/C29H25N4O7.BrH/c1-37-26-5-2-17-8-25-21-11-28-27(39-16-40-28)9-18(21)6-7-31(25)13-22(17)29(26)38-14-20(34)12-32-15-30-23-10-19(33(35)36)3-4-24(23)32;/h2-5,8-11,13,15,20,34H,6-7,12,14,16H2,1H3;1H/q+1;/p-1. The van der Waals surface area contributed by atoms with E-state index < -0.39 is 11.0 Å². The largest absolute Gasteiger partial charge is 1.00 e. The number of benzene rings is 3. The minimum atomic E-state index is -0.867. The first-order chi connectivity index (χ1) is 19.5. The Hall–Kier alpha value is -4.42. The monoisotopic (exact) mass is 620 g/mol. The lowest BCUT2D eigenvalue weighted by Crippen LogP contribution is -3.00. The van der Waals surface area contributed by atoms with Gasteiger partial charge in [-0.2, -0.15) is 4.57 Å². The lowest BCUT2D eigenvalue weighted by molar-refractivity contribution is -0.686. The number of nitro groups is 1. The van der Waals surface area contributed by atoms with Crippen LogP contribution in [0.2, 0.25) is 0 Å². The van der Waals surface area contributed by atoms with Crippen LogP contribution in [0.15, 0.2) is 61.1 Å². The average Bonchev–Trinajstić information content (AvgIpc) is 3.59. The van der Waals surface area contributed by atoms with Gasteiger partial charge < -0.3 is 45.6 Å². The van der Waals surface area contributed by atoms with Gasteiger partial charge in [0.05, 0.1) is 46.9 Å². The molecule has 2 aliphatic heterocycles. The van der Waals surface area contributed by atoms with Crippen molar-refractivity contribution in [1.29, 1.82) is 0 Å². The summed E-state index contributed by atoms with van der Waals surface area (Å²) in [6.07, 6.45) is 3.62. The van der Waals surface area contributed by atoms with Crippen molar-refractivity contribution < 1.29 is 50.5 Å². The number of hydrogen-bond acceptors (Lipinski definition) is 8. The van der Waals surface area contributed by atoms with Gasteiger partial charge in [0.15, 0.2) is 35.7 Å². The Kier molecular flexibility index (Phi) is 6.88. The van der Waals surface area contributed by atoms with Gasteiger partial charge >= 0.3 is 0 Å². The van der Waals surface area contributed by atoms with E-state index in [4.69, 9.17) is 18.9 Å². The van der Waals surface area contributed by atoms with Crippen molar-refractivity contribution in [2.24, 2.45) is 0 Å². The molecule has 0 spiro atoms. The van der Waals surface area contributed by atoms with E-state index in [1.54, 1.807) is 24.1 Å². The van der Waals surface area contributed by atoms with Crippen LogP contribution in [0.25, 0.3) is 33.1 Å². The van der Waals surface area contributed by atoms with E-state index in [9.17, 15) is 15.2 Å². The van der Waals surface area contributed by atoms with Crippen molar-refractivity contribution in [2.45, 2.75) is 25.6 Å². The molecule has 1 N–H and O–H groups in total. The third-order valence-corrected chi connectivity index (χ3v) is 7.44. The Morgan fingerprint density at radius 3 is 2.80 bits per heavy atom. The molecule has 1 unspecified atom stereocenters. The summed E-state index contributed by atoms with van der Waals surface area (Å²) in [5.41, 5.74) is 4.57. The molecule has 5 aromatic rings. The number of aromatic nitrogens is 3. The Balaban J connectivity index is 0.00000302. The fraction of sp³-hybridized carbons (Fsp3) is 0.241. The van der Waals surface area contributed by atoms with Gasteiger partial charge in [0.25, 0.3) is 5.69 Å². The van der Waals surface area contributed by atoms with Crippen molar-refractivity contribution in [3.8, 4) is 34.3 Å². The average molecular weight is 621 g/mol. The summed E-state index contributed by atoms with van der Waals surface area (Å²) in [6.45, 7) is 1.25. The normalized spacial score (nSPS) is 13.8. The lowest BCUT2D eigenvalue weighted by atomic mass is 9.95. The summed E-state index contributed by atoms with van der Waals surface area (Å²) < 4.78 is 26.9. The molecule has 0 saturated heterocycles. The fourth-order valence-corrected chi connectivity index (χ4v) is 5.48. The molecule has 12 heteroatoms. The molecular formula is C29H25BrN4O7. The van der Waals surface area contributed by atoms with Crippen LogP contribution < -0.4 is 40.5 Å². The second-order valence-electron chi connectivity index (χ2n) is 9.86. The molecule has 0 saturated carbocycles. The fourth-order valence-electron chi connectivity index (χ4n) is 5.48. The number of methoxy groups -OCH3 is 1. The molecule has 2 aromatic heterocycles. The Bertz CT molecular complexity index is 1820. The van der Waals surface area contributed by atoms with Gasteiger partial charge in [-0.15, -0.1) is 0 Å². The van der Waals surface area contributed by atoms with Crippen LogP contribution >= 0.6 is 0 Å². The molecule has 0 aliphatic carbocycles. The highest BCUT2D eigenvalue weighted by atomic mass is 79.9. The van der Waals surface area contributed by atoms with Crippen molar-refractivity contribution in [3.63, 3.8) is 0 Å². The van der Waals surface area contributed by atoms with Crippen molar-refractivity contribution in [1.82, 2.24) is 9.55 Å². The van der Waals surface area contributed by atoms with Crippen molar-refractivity contribution in [3.05, 3.63) is 76.7 Å². The maximum Gasteiger partial charge on any atom is 0.271 e. The molecule has 4 heterocycles. The van der Waals surface area contributed by atoms with E-state index in [-0.39, 0.29) is 42.6 Å². The number of aliphatic hydroxyl groups excluding tert-OH is 1. The van der Waals surface area contributed by atoms with Gasteiger partial charge in [0.2, 0.25) is 12.5 Å². The summed E-state index contributed by atoms with van der Waals surface area (Å²) in [6, 6.07) is 14.6. The van der Waals surface area contributed by atoms with Crippen LogP contribution in [-0.2, 0) is 19.5 Å². The number of nitrogens with zero attached hydrogens (tertiary/aromatic N) is 4. The number of non-ortho nitro benzene ring substituents is 1. The number of pyridine rings is 1. The maximum absolute atomic E-state index is 11.1. The number of aryl methyl sites for hydroxylation is 2. The number of imidazole rings is 1. The number of nitro benzene ring substituents is 1. The third-order valence-electron chi connectivity index (χ3n) is 7.44. The predicted octanol–water partition coefficient (Wildman–Crippen LogP) is 0.789. The van der Waals surface area contributed by atoms with E-state index in [0.29, 0.717) is 22.5 Å². The van der Waals surface area contributed by atoms with Gasteiger partial charge in [-0.05, 0) is 41.3 Å². The van der Waals surface area contributed by atoms with Crippen LogP contribution in [0.5, 0.6) is 23.0 Å². The quantitative estimate of drug-likeness (QED) is 0.161. The third kappa shape index (κ3) is 4.68. The molecule has 2 aliphatic rings. The van der Waals surface area contributed by atoms with E-state index in [2.05, 4.69) is 27.9 Å². The van der Waals surface area contributed by atoms with E-state index >= 15 is 0 Å². The highest BCUT2D eigenvalue weighted by Gasteiger charge is 2.29. The molecule has 0 bridgehead atoms. The van der Waals surface area contributed by atoms with E-state index in [1.807, 2.05) is 18.2 Å². The first-order valence-electron chi connectivity index (χ1n) is 12.9. The SMILES string of the molecule is COc1ccc2cc3[n+](cc2c1OCC(O)Cn1cnc2cc([N+](=O)[O-])ccc21)CCc1cc2c(cc1-3)OCO2.[Br-]. The molecule has 7 rings (SSSR count). The number of fused-ring (bicyclic) bond motifs is 6. The molecule has 3 aromatic carbocycles. The Morgan fingerprint density at radius 2 is 2.00 bits per heavy atom. The van der Waals surface area contributed by atoms with E-state index in [0.717, 1.165) is 46.5 Å². The zero-order valence-corrected chi connectivity index (χ0v) is 23.5. The van der Waals surface area contributed by atoms with Gasteiger partial charge in [-0.3, -0.25) is 10.1 Å². The lowest BCUT2D eigenvalue weighted by Gasteiger charge is -2.19. The summed E-state index contributed by atoms with van der Waals surface area (Å²) in [7, 11) is 1.59. The zero-order chi connectivity index (χ0) is 27.4. The van der Waals surface area contributed by atoms with Gasteiger partial charge in [0.1, 0.15) is 12.7 Å². The van der Waals surface area contributed by atoms with Crippen LogP contribution in [-0.4, -0.2) is 46.2 Å². The van der Waals surface area contributed by atoms with E-state index in [1.165, 1.54) is 17.7 Å². The smallest absolute Gasteiger partial charge is 0.271 e. The van der Waals surface area contributed by atoms with Crippen LogP contribution in [0, 0.1) is 10.1 Å². The van der Waals surface area contributed by atoms with Gasteiger partial charge in [-0.25, -0.2) is 4.98 Å². The molecule has 41 heavy (non-hydrogen) atoms. The molecule has 1 atom stereocenters. The Morgan fingerprint density at radius 1 is 1.17 bits per heavy atom. The summed E-state index contributed by atoms with van der Waals surface area (Å²) in [5, 5.41) is 23.8. The van der Waals surface area contributed by atoms with Crippen LogP contribution in [0.4, 0.5) is 5.69 Å². The van der Waals surface area contributed by atoms with Crippen LogP contribution in [0.3, 0.4) is 0 Å². The first kappa shape index (κ1) is 26.8. The van der Waals surface area contributed by atoms with Crippen molar-refractivity contribution in [2.75, 3.05) is 20.5 Å². The number of rotatable bonds is 7. The van der Waals surface area contributed by atoms with Crippen LogP contribution in [0.1, 0.15) is 5.56 Å². The molecule has 0 radical (unpaired) electrons. The Labute approximate surface area is 244 Å². The second kappa shape index (κ2) is 10.5. The number of hydrogen-bond donors (Lipinski definition) is 1. The molecular weight excluding hydrogens is 596 g/mol. The summed E-state index contributed by atoms with van der Waals surface area (Å²) in [4.78, 5) is 14.9. The van der Waals surface area contributed by atoms with Crippen molar-refractivity contribution >= 4 is 27.5 Å². The highest BCUT2D eigenvalue weighted by molar-refractivity contribution is 5.91. The van der Waals surface area contributed by atoms with Gasteiger partial charge in [-0.1, -0.05) is 0 Å². The summed E-state index contributed by atoms with van der Waals surface area (Å²) in [5.74, 6) is 2.66. The number of halogens is 1. The molecule has 11 nitrogen and oxygen atoms in total. The molecule has 0 amide bonds. The summed E-state index contributed by atoms with van der Waals surface area (Å²) >= 11 is 0. The minimum Gasteiger partial charge on any atom is -1.00 e. The topological polar surface area (TPSA) is 122 Å². The van der Waals surface area contributed by atoms with Gasteiger partial charge in [0, 0.05) is 24.6 Å². The number of aliphatic hydroxyl groups is 1. The predicted molar refractivity (Wildman–Crippen MR) is 144 cm³/mol. The second-order valence-corrected chi connectivity index (χ2v) is 9.86. The first-order valence-corrected chi connectivity index (χ1v) is 12.9. The highest BCUT2D eigenvalue weighted by Crippen LogP contribution is 2.41. The minimum absolute atomic E-state index is 0. The number of ether oxygens (including phenoxy) is 4. The molecule has 0 fully saturated rings. The zero-order valence-electron chi connectivity index (χ0n) is 21.9. The molecule has 210 valence electrons. The maximum atomic E-state index is 11.1.